The minimum atomic E-state index is 0. The molecule has 0 saturated carbocycles. The number of benzene rings is 1. The van der Waals surface area contributed by atoms with E-state index >= 15 is 0 Å². The van der Waals surface area contributed by atoms with Gasteiger partial charge in [-0.25, -0.2) is 0 Å². The number of amides is 1. The topological polar surface area (TPSA) is 44.4 Å². The van der Waals surface area contributed by atoms with Gasteiger partial charge < -0.3 is 10.6 Å². The van der Waals surface area contributed by atoms with Crippen LogP contribution >= 0.6 is 24.8 Å². The first-order valence-electron chi connectivity index (χ1n) is 8.41. The lowest BCUT2D eigenvalue weighted by Gasteiger charge is -2.26. The zero-order valence-electron chi connectivity index (χ0n) is 14.7. The lowest BCUT2D eigenvalue weighted by Crippen LogP contribution is -2.33. The Morgan fingerprint density at radius 1 is 1.08 bits per heavy atom. The molecule has 1 atom stereocenters. The van der Waals surface area contributed by atoms with Gasteiger partial charge in [0.2, 0.25) is 5.91 Å². The highest BCUT2D eigenvalue weighted by Crippen LogP contribution is 2.13. The van der Waals surface area contributed by atoms with E-state index in [1.54, 1.807) is 0 Å². The van der Waals surface area contributed by atoms with Gasteiger partial charge in [-0.2, -0.15) is 0 Å². The van der Waals surface area contributed by atoms with Crippen LogP contribution in [0.15, 0.2) is 24.3 Å². The SMILES string of the molecule is CNCC(C)C(=O)NCc1ccc(CN2CCCCC2)cc1.Cl.Cl. The molecule has 0 aromatic heterocycles. The van der Waals surface area contributed by atoms with Crippen molar-refractivity contribution in [1.82, 2.24) is 15.5 Å². The van der Waals surface area contributed by atoms with Gasteiger partial charge in [0.15, 0.2) is 0 Å². The fourth-order valence-electron chi connectivity index (χ4n) is 2.90. The van der Waals surface area contributed by atoms with Gasteiger partial charge in [0.05, 0.1) is 0 Å². The van der Waals surface area contributed by atoms with E-state index in [2.05, 4.69) is 39.8 Å². The Kier molecular flexibility index (Phi) is 12.1. The maximum atomic E-state index is 11.9. The number of hydrogen-bond donors (Lipinski definition) is 2. The van der Waals surface area contributed by atoms with Crippen molar-refractivity contribution in [2.45, 2.75) is 39.3 Å². The highest BCUT2D eigenvalue weighted by molar-refractivity contribution is 5.85. The predicted molar refractivity (Wildman–Crippen MR) is 105 cm³/mol. The zero-order chi connectivity index (χ0) is 15.8. The zero-order valence-corrected chi connectivity index (χ0v) is 16.3. The highest BCUT2D eigenvalue weighted by Gasteiger charge is 2.12. The summed E-state index contributed by atoms with van der Waals surface area (Å²) in [4.78, 5) is 14.4. The van der Waals surface area contributed by atoms with E-state index < -0.39 is 0 Å². The van der Waals surface area contributed by atoms with E-state index in [4.69, 9.17) is 0 Å². The molecule has 138 valence electrons. The van der Waals surface area contributed by atoms with Crippen molar-refractivity contribution >= 4 is 30.7 Å². The lowest BCUT2D eigenvalue weighted by atomic mass is 10.1. The quantitative estimate of drug-likeness (QED) is 0.769. The van der Waals surface area contributed by atoms with Crippen LogP contribution in [0.2, 0.25) is 0 Å². The van der Waals surface area contributed by atoms with Gasteiger partial charge in [-0.3, -0.25) is 9.69 Å². The molecular weight excluding hydrogens is 345 g/mol. The highest BCUT2D eigenvalue weighted by atomic mass is 35.5. The fraction of sp³-hybridized carbons (Fsp3) is 0.611. The Morgan fingerprint density at radius 3 is 2.25 bits per heavy atom. The molecule has 1 saturated heterocycles. The maximum Gasteiger partial charge on any atom is 0.224 e. The van der Waals surface area contributed by atoms with Gasteiger partial charge in [-0.05, 0) is 44.1 Å². The summed E-state index contributed by atoms with van der Waals surface area (Å²) in [5.41, 5.74) is 2.52. The molecule has 1 fully saturated rings. The molecule has 24 heavy (non-hydrogen) atoms. The Balaban J connectivity index is 0.00000264. The molecule has 2 N–H and O–H groups in total. The second kappa shape index (κ2) is 12.5. The van der Waals surface area contributed by atoms with E-state index in [0.717, 1.165) is 12.1 Å². The second-order valence-corrected chi connectivity index (χ2v) is 6.33. The van der Waals surface area contributed by atoms with Crippen molar-refractivity contribution in [3.8, 4) is 0 Å². The molecule has 1 aromatic carbocycles. The van der Waals surface area contributed by atoms with Gasteiger partial charge in [-0.15, -0.1) is 24.8 Å². The van der Waals surface area contributed by atoms with Crippen LogP contribution in [0.1, 0.15) is 37.3 Å². The number of carbonyl (C=O) groups is 1. The van der Waals surface area contributed by atoms with E-state index in [1.165, 1.54) is 37.9 Å². The Bertz CT molecular complexity index is 462. The summed E-state index contributed by atoms with van der Waals surface area (Å²) in [5, 5.41) is 6.02. The number of hydrogen-bond acceptors (Lipinski definition) is 3. The van der Waals surface area contributed by atoms with E-state index in [-0.39, 0.29) is 36.6 Å². The second-order valence-electron chi connectivity index (χ2n) is 6.33. The molecule has 1 amide bonds. The van der Waals surface area contributed by atoms with Gasteiger partial charge in [-0.1, -0.05) is 37.6 Å². The van der Waals surface area contributed by atoms with Gasteiger partial charge in [0, 0.05) is 25.6 Å². The molecule has 1 heterocycles. The molecule has 0 spiro atoms. The fourth-order valence-corrected chi connectivity index (χ4v) is 2.90. The molecule has 0 radical (unpaired) electrons. The number of nitrogens with one attached hydrogen (secondary N) is 2. The van der Waals surface area contributed by atoms with Crippen LogP contribution in [0, 0.1) is 5.92 Å². The van der Waals surface area contributed by atoms with Crippen LogP contribution in [0.4, 0.5) is 0 Å². The van der Waals surface area contributed by atoms with Crippen LogP contribution in [0.5, 0.6) is 0 Å². The minimum Gasteiger partial charge on any atom is -0.352 e. The van der Waals surface area contributed by atoms with Crippen molar-refractivity contribution in [1.29, 1.82) is 0 Å². The van der Waals surface area contributed by atoms with Crippen LogP contribution < -0.4 is 10.6 Å². The van der Waals surface area contributed by atoms with Gasteiger partial charge in [0.1, 0.15) is 0 Å². The number of halogens is 2. The van der Waals surface area contributed by atoms with Gasteiger partial charge >= 0.3 is 0 Å². The Labute approximate surface area is 158 Å². The summed E-state index contributed by atoms with van der Waals surface area (Å²) in [6.07, 6.45) is 4.03. The molecule has 1 aromatic rings. The Hall–Kier alpha value is -0.810. The molecule has 0 aliphatic carbocycles. The predicted octanol–water partition coefficient (Wildman–Crippen LogP) is 2.99. The standard InChI is InChI=1S/C18H29N3O.2ClH/c1-15(12-19-2)18(22)20-13-16-6-8-17(9-7-16)14-21-10-4-3-5-11-21;;/h6-9,15,19H,3-5,10-14H2,1-2H3,(H,20,22);2*1H. The molecule has 6 heteroatoms. The average molecular weight is 376 g/mol. The number of carbonyl (C=O) groups excluding carboxylic acids is 1. The van der Waals surface area contributed by atoms with Crippen LogP contribution in [0.25, 0.3) is 0 Å². The molecule has 2 rings (SSSR count). The van der Waals surface area contributed by atoms with Crippen LogP contribution in [-0.2, 0) is 17.9 Å². The van der Waals surface area contributed by atoms with Crippen molar-refractivity contribution in [2.75, 3.05) is 26.7 Å². The molecule has 1 aliphatic rings. The van der Waals surface area contributed by atoms with Crippen molar-refractivity contribution in [2.24, 2.45) is 5.92 Å². The molecular formula is C18H31Cl2N3O. The van der Waals surface area contributed by atoms with Crippen LogP contribution in [-0.4, -0.2) is 37.5 Å². The monoisotopic (exact) mass is 375 g/mol. The average Bonchev–Trinajstić information content (AvgIpc) is 2.55. The maximum absolute atomic E-state index is 11.9. The summed E-state index contributed by atoms with van der Waals surface area (Å²) < 4.78 is 0. The minimum absolute atomic E-state index is 0. The van der Waals surface area contributed by atoms with E-state index in [0.29, 0.717) is 13.1 Å². The summed E-state index contributed by atoms with van der Waals surface area (Å²) >= 11 is 0. The third kappa shape index (κ3) is 7.84. The third-order valence-electron chi connectivity index (χ3n) is 4.30. The first-order chi connectivity index (χ1) is 10.7. The summed E-state index contributed by atoms with van der Waals surface area (Å²) in [6.45, 7) is 6.75. The first-order valence-corrected chi connectivity index (χ1v) is 8.41. The molecule has 1 aliphatic heterocycles. The lowest BCUT2D eigenvalue weighted by molar-refractivity contribution is -0.124. The normalized spacial score (nSPS) is 15.8. The molecule has 1 unspecified atom stereocenters. The number of rotatable bonds is 7. The van der Waals surface area contributed by atoms with Crippen molar-refractivity contribution in [3.05, 3.63) is 35.4 Å². The first kappa shape index (κ1) is 23.2. The smallest absolute Gasteiger partial charge is 0.224 e. The van der Waals surface area contributed by atoms with Gasteiger partial charge in [0.25, 0.3) is 0 Å². The largest absolute Gasteiger partial charge is 0.352 e. The number of piperidine rings is 1. The van der Waals surface area contributed by atoms with Crippen molar-refractivity contribution < 1.29 is 4.79 Å². The van der Waals surface area contributed by atoms with Crippen LogP contribution in [0.3, 0.4) is 0 Å². The molecule has 4 nitrogen and oxygen atoms in total. The third-order valence-corrected chi connectivity index (χ3v) is 4.30. The summed E-state index contributed by atoms with van der Waals surface area (Å²) in [5.74, 6) is 0.107. The van der Waals surface area contributed by atoms with E-state index in [9.17, 15) is 4.79 Å². The number of likely N-dealkylation sites (tertiary alicyclic amines) is 1. The summed E-state index contributed by atoms with van der Waals surface area (Å²) in [6, 6.07) is 8.63. The summed E-state index contributed by atoms with van der Waals surface area (Å²) in [7, 11) is 1.87. The molecule has 0 bridgehead atoms. The number of nitrogens with zero attached hydrogens (tertiary/aromatic N) is 1. The Morgan fingerprint density at radius 2 is 1.67 bits per heavy atom. The van der Waals surface area contributed by atoms with E-state index in [1.807, 2.05) is 14.0 Å². The van der Waals surface area contributed by atoms with Crippen molar-refractivity contribution in [3.63, 3.8) is 0 Å².